The van der Waals surface area contributed by atoms with Gasteiger partial charge in [-0.25, -0.2) is 0 Å². The van der Waals surface area contributed by atoms with Crippen LogP contribution in [0.2, 0.25) is 5.02 Å². The van der Waals surface area contributed by atoms with Crippen molar-refractivity contribution in [1.29, 1.82) is 0 Å². The molecule has 66 valence electrons. The molecule has 1 aromatic carbocycles. The van der Waals surface area contributed by atoms with Gasteiger partial charge in [0, 0.05) is 10.0 Å². The van der Waals surface area contributed by atoms with Gasteiger partial charge in [0.05, 0.1) is 11.4 Å². The molecule has 3 heteroatoms. The minimum atomic E-state index is -0.0696. The fourth-order valence-corrected chi connectivity index (χ4v) is 1.36. The Kier molecular flexibility index (Phi) is 3.53. The minimum Gasteiger partial charge on any atom is -0.293 e. The second-order valence-electron chi connectivity index (χ2n) is 2.43. The molecule has 13 heavy (non-hydrogen) atoms. The number of benzene rings is 1. The summed E-state index contributed by atoms with van der Waals surface area (Å²) in [7, 11) is 0. The molecule has 0 unspecified atom stereocenters. The molecule has 0 N–H and O–H groups in total. The first-order chi connectivity index (χ1) is 6.15. The fourth-order valence-electron chi connectivity index (χ4n) is 0.864. The smallest absolute Gasteiger partial charge is 0.174 e. The Bertz CT molecular complexity index is 379. The van der Waals surface area contributed by atoms with Crippen LogP contribution in [0.25, 0.3) is 0 Å². The Labute approximate surface area is 90.2 Å². The number of carbonyl (C=O) groups excluding carboxylic acids is 1. The van der Waals surface area contributed by atoms with Crippen LogP contribution in [0.5, 0.6) is 0 Å². The largest absolute Gasteiger partial charge is 0.293 e. The maximum Gasteiger partial charge on any atom is 0.174 e. The van der Waals surface area contributed by atoms with Crippen molar-refractivity contribution in [3.8, 4) is 12.3 Å². The van der Waals surface area contributed by atoms with E-state index in [9.17, 15) is 4.79 Å². The summed E-state index contributed by atoms with van der Waals surface area (Å²) in [6.45, 7) is 0. The van der Waals surface area contributed by atoms with Crippen molar-refractivity contribution >= 4 is 33.3 Å². The molecular formula is C10H6BrClO. The molecule has 0 heterocycles. The summed E-state index contributed by atoms with van der Waals surface area (Å²) in [5.41, 5.74) is 0.578. The van der Waals surface area contributed by atoms with Gasteiger partial charge in [-0.05, 0) is 34.1 Å². The third kappa shape index (κ3) is 2.58. The van der Waals surface area contributed by atoms with Crippen LogP contribution in [0.15, 0.2) is 22.7 Å². The van der Waals surface area contributed by atoms with E-state index in [0.717, 1.165) is 0 Å². The molecule has 1 aromatic rings. The van der Waals surface area contributed by atoms with E-state index < -0.39 is 0 Å². The lowest BCUT2D eigenvalue weighted by molar-refractivity contribution is 0.0998. The van der Waals surface area contributed by atoms with Gasteiger partial charge in [-0.15, -0.1) is 6.42 Å². The molecule has 1 nitrogen and oxygen atoms in total. The van der Waals surface area contributed by atoms with Crippen LogP contribution in [-0.4, -0.2) is 5.78 Å². The lowest BCUT2D eigenvalue weighted by Crippen LogP contribution is -1.96. The molecule has 0 aliphatic heterocycles. The van der Waals surface area contributed by atoms with Gasteiger partial charge in [0.2, 0.25) is 0 Å². The summed E-state index contributed by atoms with van der Waals surface area (Å²) in [5, 5.41) is 0.581. The Morgan fingerprint density at radius 2 is 2.31 bits per heavy atom. The molecule has 1 rings (SSSR count). The molecule has 0 bridgehead atoms. The molecule has 0 atom stereocenters. The predicted octanol–water partition coefficient (Wildman–Crippen LogP) is 3.31. The zero-order chi connectivity index (χ0) is 9.84. The zero-order valence-electron chi connectivity index (χ0n) is 6.68. The van der Waals surface area contributed by atoms with E-state index in [1.54, 1.807) is 18.2 Å². The summed E-state index contributed by atoms with van der Waals surface area (Å²) in [6.07, 6.45) is 5.15. The van der Waals surface area contributed by atoms with Crippen LogP contribution in [0, 0.1) is 12.3 Å². The fraction of sp³-hybridized carbons (Fsp3) is 0.100. The SMILES string of the molecule is C#CCC(=O)c1ccc(Cl)c(Br)c1. The standard InChI is InChI=1S/C10H6BrClO/c1-2-3-10(13)7-4-5-9(12)8(11)6-7/h1,4-6H,3H2. The molecule has 0 fully saturated rings. The first-order valence-electron chi connectivity index (χ1n) is 3.57. The van der Waals surface area contributed by atoms with Crippen molar-refractivity contribution in [2.75, 3.05) is 0 Å². The van der Waals surface area contributed by atoms with Gasteiger partial charge < -0.3 is 0 Å². The number of hydrogen-bond donors (Lipinski definition) is 0. The van der Waals surface area contributed by atoms with Crippen LogP contribution in [-0.2, 0) is 0 Å². The number of terminal acetylenes is 1. The summed E-state index contributed by atoms with van der Waals surface area (Å²) in [4.78, 5) is 11.3. The third-order valence-electron chi connectivity index (χ3n) is 1.50. The molecule has 0 aliphatic rings. The molecule has 0 saturated heterocycles. The minimum absolute atomic E-state index is 0.0696. The van der Waals surface area contributed by atoms with E-state index in [1.165, 1.54) is 0 Å². The number of halogens is 2. The number of carbonyl (C=O) groups is 1. The topological polar surface area (TPSA) is 17.1 Å². The van der Waals surface area contributed by atoms with Gasteiger partial charge in [-0.2, -0.15) is 0 Å². The first kappa shape index (κ1) is 10.3. The lowest BCUT2D eigenvalue weighted by atomic mass is 10.1. The average molecular weight is 258 g/mol. The molecular weight excluding hydrogens is 251 g/mol. The number of Topliss-reactive ketones (excluding diaryl/α,β-unsaturated/α-hetero) is 1. The quantitative estimate of drug-likeness (QED) is 0.587. The van der Waals surface area contributed by atoms with Gasteiger partial charge in [-0.1, -0.05) is 17.5 Å². The Balaban J connectivity index is 2.98. The summed E-state index contributed by atoms with van der Waals surface area (Å²) in [5.74, 6) is 2.23. The zero-order valence-corrected chi connectivity index (χ0v) is 9.02. The van der Waals surface area contributed by atoms with Gasteiger partial charge in [-0.3, -0.25) is 4.79 Å². The van der Waals surface area contributed by atoms with Crippen LogP contribution < -0.4 is 0 Å². The molecule has 0 aliphatic carbocycles. The van der Waals surface area contributed by atoms with Crippen molar-refractivity contribution in [3.63, 3.8) is 0 Å². The van der Waals surface area contributed by atoms with E-state index >= 15 is 0 Å². The maximum atomic E-state index is 11.3. The van der Waals surface area contributed by atoms with Gasteiger partial charge in [0.15, 0.2) is 5.78 Å². The molecule has 0 aromatic heterocycles. The number of rotatable bonds is 2. The number of hydrogen-bond acceptors (Lipinski definition) is 1. The monoisotopic (exact) mass is 256 g/mol. The second-order valence-corrected chi connectivity index (χ2v) is 3.69. The summed E-state index contributed by atoms with van der Waals surface area (Å²) >= 11 is 8.99. The maximum absolute atomic E-state index is 11.3. The van der Waals surface area contributed by atoms with Crippen molar-refractivity contribution in [1.82, 2.24) is 0 Å². The van der Waals surface area contributed by atoms with E-state index in [1.807, 2.05) is 0 Å². The van der Waals surface area contributed by atoms with Crippen LogP contribution in [0.4, 0.5) is 0 Å². The average Bonchev–Trinajstić information content (AvgIpc) is 2.10. The third-order valence-corrected chi connectivity index (χ3v) is 2.72. The Hall–Kier alpha value is -0.780. The Morgan fingerprint density at radius 3 is 2.85 bits per heavy atom. The van der Waals surface area contributed by atoms with Crippen LogP contribution >= 0.6 is 27.5 Å². The Morgan fingerprint density at radius 1 is 1.62 bits per heavy atom. The summed E-state index contributed by atoms with van der Waals surface area (Å²) < 4.78 is 0.706. The van der Waals surface area contributed by atoms with Gasteiger partial charge in [0.25, 0.3) is 0 Å². The molecule has 0 spiro atoms. The molecule has 0 radical (unpaired) electrons. The lowest BCUT2D eigenvalue weighted by Gasteiger charge is -1.99. The van der Waals surface area contributed by atoms with E-state index in [4.69, 9.17) is 18.0 Å². The summed E-state index contributed by atoms with van der Waals surface area (Å²) in [6, 6.07) is 4.99. The van der Waals surface area contributed by atoms with E-state index in [-0.39, 0.29) is 12.2 Å². The molecule has 0 saturated carbocycles. The van der Waals surface area contributed by atoms with Gasteiger partial charge in [0.1, 0.15) is 0 Å². The number of ketones is 1. The van der Waals surface area contributed by atoms with Crippen molar-refractivity contribution in [3.05, 3.63) is 33.3 Å². The van der Waals surface area contributed by atoms with Gasteiger partial charge >= 0.3 is 0 Å². The van der Waals surface area contributed by atoms with Crippen molar-refractivity contribution in [2.45, 2.75) is 6.42 Å². The normalized spacial score (nSPS) is 9.31. The predicted molar refractivity (Wildman–Crippen MR) is 56.9 cm³/mol. The van der Waals surface area contributed by atoms with E-state index in [0.29, 0.717) is 15.1 Å². The first-order valence-corrected chi connectivity index (χ1v) is 4.74. The molecule has 0 amide bonds. The van der Waals surface area contributed by atoms with Crippen molar-refractivity contribution < 1.29 is 4.79 Å². The van der Waals surface area contributed by atoms with E-state index in [2.05, 4.69) is 21.9 Å². The highest BCUT2D eigenvalue weighted by molar-refractivity contribution is 9.10. The highest BCUT2D eigenvalue weighted by atomic mass is 79.9. The highest BCUT2D eigenvalue weighted by Crippen LogP contribution is 2.23. The second kappa shape index (κ2) is 4.45. The van der Waals surface area contributed by atoms with Crippen molar-refractivity contribution in [2.24, 2.45) is 0 Å². The van der Waals surface area contributed by atoms with Crippen LogP contribution in [0.1, 0.15) is 16.8 Å². The van der Waals surface area contributed by atoms with Crippen LogP contribution in [0.3, 0.4) is 0 Å². The highest BCUT2D eigenvalue weighted by Gasteiger charge is 2.05.